The maximum absolute atomic E-state index is 11.9. The highest BCUT2D eigenvalue weighted by Crippen LogP contribution is 2.47. The number of cyclic esters (lactones) is 1. The lowest BCUT2D eigenvalue weighted by molar-refractivity contribution is -0.142. The largest absolute Gasteiger partial charge is 0.504 e. The van der Waals surface area contributed by atoms with Crippen LogP contribution in [0.15, 0.2) is 30.3 Å². The number of rotatable bonds is 9. The van der Waals surface area contributed by atoms with Crippen LogP contribution in [-0.2, 0) is 14.3 Å². The number of phenols is 1. The average molecular weight is 476 g/mol. The first-order chi connectivity index (χ1) is 16.4. The summed E-state index contributed by atoms with van der Waals surface area (Å²) in [6.07, 6.45) is -2.72. The van der Waals surface area contributed by atoms with Gasteiger partial charge in [-0.1, -0.05) is 6.07 Å². The summed E-state index contributed by atoms with van der Waals surface area (Å²) in [4.78, 5) is 11.9. The first kappa shape index (κ1) is 23.9. The highest BCUT2D eigenvalue weighted by atomic mass is 16.6. The number of benzene rings is 2. The minimum absolute atomic E-state index is 0.0791. The topological polar surface area (TPSA) is 133 Å². The van der Waals surface area contributed by atoms with Crippen LogP contribution in [0.4, 0.5) is 0 Å². The van der Waals surface area contributed by atoms with Crippen LogP contribution < -0.4 is 18.9 Å². The minimum Gasteiger partial charge on any atom is -0.504 e. The second kappa shape index (κ2) is 9.96. The molecule has 2 fully saturated rings. The number of aliphatic hydroxyl groups is 2. The van der Waals surface area contributed by atoms with E-state index in [4.69, 9.17) is 28.4 Å². The molecule has 0 bridgehead atoms. The zero-order chi connectivity index (χ0) is 24.4. The van der Waals surface area contributed by atoms with Gasteiger partial charge in [0.05, 0.1) is 53.2 Å². The Morgan fingerprint density at radius 1 is 1.03 bits per heavy atom. The van der Waals surface area contributed by atoms with Crippen molar-refractivity contribution in [3.63, 3.8) is 0 Å². The first-order valence-electron chi connectivity index (χ1n) is 10.8. The van der Waals surface area contributed by atoms with Gasteiger partial charge in [0.15, 0.2) is 29.1 Å². The van der Waals surface area contributed by atoms with Gasteiger partial charge in [-0.3, -0.25) is 4.79 Å². The second-order valence-electron chi connectivity index (χ2n) is 8.12. The van der Waals surface area contributed by atoms with E-state index in [1.54, 1.807) is 12.1 Å². The molecule has 3 N–H and O–H groups in total. The third-order valence-corrected chi connectivity index (χ3v) is 6.24. The number of fused-ring (bicyclic) bond motifs is 1. The van der Waals surface area contributed by atoms with Crippen LogP contribution in [0.3, 0.4) is 0 Å². The molecule has 0 radical (unpaired) electrons. The molecule has 4 rings (SSSR count). The molecule has 10 heteroatoms. The summed E-state index contributed by atoms with van der Waals surface area (Å²) in [6.45, 7) is 0.0468. The van der Waals surface area contributed by atoms with Gasteiger partial charge < -0.3 is 43.7 Å². The van der Waals surface area contributed by atoms with Gasteiger partial charge in [0.1, 0.15) is 6.10 Å². The van der Waals surface area contributed by atoms with Crippen LogP contribution >= 0.6 is 0 Å². The van der Waals surface area contributed by atoms with Gasteiger partial charge in [-0.25, -0.2) is 0 Å². The van der Waals surface area contributed by atoms with Gasteiger partial charge in [0, 0.05) is 5.92 Å². The Balaban J connectivity index is 1.62. The molecular formula is C24H28O10. The van der Waals surface area contributed by atoms with Crippen LogP contribution in [0, 0.1) is 11.8 Å². The molecule has 2 aliphatic heterocycles. The monoisotopic (exact) mass is 476 g/mol. The number of hydrogen-bond acceptors (Lipinski definition) is 10. The fraction of sp³-hybridized carbons (Fsp3) is 0.458. The molecule has 2 unspecified atom stereocenters. The highest BCUT2D eigenvalue weighted by Gasteiger charge is 2.48. The van der Waals surface area contributed by atoms with Gasteiger partial charge >= 0.3 is 5.97 Å². The molecule has 0 spiro atoms. The lowest BCUT2D eigenvalue weighted by atomic mass is 9.90. The predicted molar refractivity (Wildman–Crippen MR) is 117 cm³/mol. The number of hydrogen-bond donors (Lipinski definition) is 3. The molecular weight excluding hydrogens is 448 g/mol. The Kier molecular flexibility index (Phi) is 7.01. The molecule has 0 saturated carbocycles. The number of carbonyl (C=O) groups is 1. The summed E-state index contributed by atoms with van der Waals surface area (Å²) in [5.74, 6) is 0.241. The number of aliphatic hydroxyl groups excluding tert-OH is 2. The van der Waals surface area contributed by atoms with Gasteiger partial charge in [-0.15, -0.1) is 0 Å². The molecule has 34 heavy (non-hydrogen) atoms. The number of phenolic OH excluding ortho intramolecular Hbond substituents is 1. The zero-order valence-electron chi connectivity index (χ0n) is 19.1. The molecule has 2 heterocycles. The Labute approximate surface area is 196 Å². The number of aromatic hydroxyl groups is 1. The maximum atomic E-state index is 11.9. The summed E-state index contributed by atoms with van der Waals surface area (Å²) in [7, 11) is 4.31. The third kappa shape index (κ3) is 4.31. The Morgan fingerprint density at radius 2 is 1.71 bits per heavy atom. The molecule has 184 valence electrons. The normalized spacial score (nSPS) is 23.1. The highest BCUT2D eigenvalue weighted by molar-refractivity contribution is 5.75. The van der Waals surface area contributed by atoms with E-state index in [0.717, 1.165) is 5.56 Å². The number of methoxy groups -OCH3 is 3. The number of ether oxygens (including phenoxy) is 6. The Morgan fingerprint density at radius 3 is 2.32 bits per heavy atom. The SMILES string of the molecule is COc1cc(C(O)C(CO)Oc2c(OC)cc([C@@H]3OC[C@@H]4C(=O)OC[C@@H]43)cc2OC)ccc1O. The molecule has 2 aromatic rings. The van der Waals surface area contributed by atoms with Crippen molar-refractivity contribution in [1.82, 2.24) is 0 Å². The quantitative estimate of drug-likeness (QED) is 0.460. The summed E-state index contributed by atoms with van der Waals surface area (Å²) in [5.41, 5.74) is 1.11. The van der Waals surface area contributed by atoms with Crippen molar-refractivity contribution < 1.29 is 48.5 Å². The van der Waals surface area contributed by atoms with Crippen LogP contribution in [0.5, 0.6) is 28.7 Å². The molecule has 0 aromatic heterocycles. The first-order valence-corrected chi connectivity index (χ1v) is 10.8. The van der Waals surface area contributed by atoms with Gasteiger partial charge in [0.2, 0.25) is 5.75 Å². The molecule has 2 aliphatic rings. The van der Waals surface area contributed by atoms with E-state index in [0.29, 0.717) is 17.1 Å². The van der Waals surface area contributed by atoms with Crippen LogP contribution in [0.2, 0.25) is 0 Å². The molecule has 2 saturated heterocycles. The molecule has 5 atom stereocenters. The summed E-state index contributed by atoms with van der Waals surface area (Å²) in [5, 5.41) is 30.6. The lowest BCUT2D eigenvalue weighted by Gasteiger charge is -2.26. The predicted octanol–water partition coefficient (Wildman–Crippen LogP) is 1.75. The van der Waals surface area contributed by atoms with Gasteiger partial charge in [-0.05, 0) is 35.4 Å². The number of esters is 1. The molecule has 2 aromatic carbocycles. The van der Waals surface area contributed by atoms with Crippen molar-refractivity contribution in [2.75, 3.05) is 41.2 Å². The van der Waals surface area contributed by atoms with Crippen molar-refractivity contribution in [2.24, 2.45) is 11.8 Å². The smallest absolute Gasteiger partial charge is 0.311 e. The van der Waals surface area contributed by atoms with Crippen molar-refractivity contribution in [1.29, 1.82) is 0 Å². The van der Waals surface area contributed by atoms with Gasteiger partial charge in [0.25, 0.3) is 0 Å². The van der Waals surface area contributed by atoms with E-state index in [9.17, 15) is 20.1 Å². The van der Waals surface area contributed by atoms with E-state index in [1.165, 1.54) is 39.5 Å². The fourth-order valence-corrected chi connectivity index (χ4v) is 4.37. The molecule has 0 amide bonds. The van der Waals surface area contributed by atoms with Crippen molar-refractivity contribution >= 4 is 5.97 Å². The van der Waals surface area contributed by atoms with Crippen LogP contribution in [0.25, 0.3) is 0 Å². The Hall–Kier alpha value is -3.21. The fourth-order valence-electron chi connectivity index (χ4n) is 4.37. The second-order valence-corrected chi connectivity index (χ2v) is 8.12. The summed E-state index contributed by atoms with van der Waals surface area (Å²) < 4.78 is 33.2. The summed E-state index contributed by atoms with van der Waals surface area (Å²) in [6, 6.07) is 7.79. The van der Waals surface area contributed by atoms with Gasteiger partial charge in [-0.2, -0.15) is 0 Å². The van der Waals surface area contributed by atoms with E-state index in [-0.39, 0.29) is 54.4 Å². The average Bonchev–Trinajstić information content (AvgIpc) is 3.44. The van der Waals surface area contributed by atoms with Crippen LogP contribution in [0.1, 0.15) is 23.3 Å². The Bertz CT molecular complexity index is 1010. The van der Waals surface area contributed by atoms with Crippen LogP contribution in [-0.4, -0.2) is 68.5 Å². The lowest BCUT2D eigenvalue weighted by Crippen LogP contribution is -2.29. The molecule has 0 aliphatic carbocycles. The standard InChI is InChI=1S/C24H28O10/c1-29-17-6-12(4-5-16(17)26)21(27)20(9-25)34-23-18(30-2)7-13(8-19(23)31-3)22-14-10-33-24(28)15(14)11-32-22/h4-8,14-15,20-22,25-27H,9-11H2,1-3H3/t14-,15-,20?,21?,22-/m0/s1. The van der Waals surface area contributed by atoms with E-state index in [1.807, 2.05) is 0 Å². The maximum Gasteiger partial charge on any atom is 0.311 e. The van der Waals surface area contributed by atoms with Crippen molar-refractivity contribution in [2.45, 2.75) is 18.3 Å². The van der Waals surface area contributed by atoms with E-state index >= 15 is 0 Å². The zero-order valence-corrected chi connectivity index (χ0v) is 19.1. The molecule has 10 nitrogen and oxygen atoms in total. The third-order valence-electron chi connectivity index (χ3n) is 6.24. The summed E-state index contributed by atoms with van der Waals surface area (Å²) >= 11 is 0. The number of carbonyl (C=O) groups excluding carboxylic acids is 1. The van der Waals surface area contributed by atoms with E-state index < -0.39 is 18.8 Å². The van der Waals surface area contributed by atoms with Crippen molar-refractivity contribution in [3.05, 3.63) is 41.5 Å². The van der Waals surface area contributed by atoms with Crippen molar-refractivity contribution in [3.8, 4) is 28.7 Å². The minimum atomic E-state index is -1.26. The van der Waals surface area contributed by atoms with E-state index in [2.05, 4.69) is 0 Å².